The number of hydrogen-bond acceptors (Lipinski definition) is 6. The van der Waals surface area contributed by atoms with Crippen molar-refractivity contribution in [1.82, 2.24) is 9.55 Å². The molecule has 0 aliphatic heterocycles. The lowest BCUT2D eigenvalue weighted by Gasteiger charge is -2.08. The maximum absolute atomic E-state index is 12.6. The molecule has 0 saturated heterocycles. The lowest BCUT2D eigenvalue weighted by molar-refractivity contribution is -0.116. The van der Waals surface area contributed by atoms with Crippen molar-refractivity contribution in [2.45, 2.75) is 25.3 Å². The molecule has 0 aliphatic carbocycles. The van der Waals surface area contributed by atoms with Crippen molar-refractivity contribution in [3.8, 4) is 0 Å². The number of nitrogens with zero attached hydrogens (tertiary/aromatic N) is 2. The number of rotatable bonds is 4. The Labute approximate surface area is 153 Å². The number of anilines is 1. The monoisotopic (exact) mass is 392 g/mol. The second-order valence-electron chi connectivity index (χ2n) is 5.76. The predicted octanol–water partition coefficient (Wildman–Crippen LogP) is 1.36. The number of amides is 1. The number of thiophene rings is 1. The van der Waals surface area contributed by atoms with Crippen LogP contribution in [-0.2, 0) is 21.4 Å². The van der Waals surface area contributed by atoms with Gasteiger partial charge in [0.05, 0.1) is 16.6 Å². The third-order valence-electron chi connectivity index (χ3n) is 3.92. The zero-order valence-electron chi connectivity index (χ0n) is 14.0. The van der Waals surface area contributed by atoms with Crippen molar-refractivity contribution in [2.24, 2.45) is 5.14 Å². The Balaban J connectivity index is 1.85. The van der Waals surface area contributed by atoms with Gasteiger partial charge in [0.25, 0.3) is 5.56 Å². The van der Waals surface area contributed by atoms with Crippen LogP contribution >= 0.6 is 11.3 Å². The van der Waals surface area contributed by atoms with Crippen LogP contribution in [0, 0.1) is 13.8 Å². The van der Waals surface area contributed by atoms with Crippen LogP contribution in [0.1, 0.15) is 10.4 Å². The van der Waals surface area contributed by atoms with E-state index in [0.29, 0.717) is 10.2 Å². The average Bonchev–Trinajstić information content (AvgIpc) is 2.85. The molecule has 8 nitrogen and oxygen atoms in total. The summed E-state index contributed by atoms with van der Waals surface area (Å²) >= 11 is 1.43. The Morgan fingerprint density at radius 3 is 2.77 bits per heavy atom. The molecule has 0 spiro atoms. The summed E-state index contributed by atoms with van der Waals surface area (Å²) in [5, 5.41) is 8.14. The zero-order chi connectivity index (χ0) is 19.1. The van der Waals surface area contributed by atoms with Crippen LogP contribution in [0.15, 0.2) is 40.3 Å². The molecule has 10 heteroatoms. The molecule has 0 aliphatic rings. The van der Waals surface area contributed by atoms with Crippen LogP contribution in [-0.4, -0.2) is 23.9 Å². The summed E-state index contributed by atoms with van der Waals surface area (Å²) in [6, 6.07) is 5.58. The quantitative estimate of drug-likeness (QED) is 0.694. The van der Waals surface area contributed by atoms with Crippen molar-refractivity contribution in [3.05, 3.63) is 51.4 Å². The highest BCUT2D eigenvalue weighted by molar-refractivity contribution is 7.89. The zero-order valence-corrected chi connectivity index (χ0v) is 15.6. The Kier molecular flexibility index (Phi) is 4.65. The first-order chi connectivity index (χ1) is 12.2. The first kappa shape index (κ1) is 18.2. The van der Waals surface area contributed by atoms with E-state index in [1.54, 1.807) is 0 Å². The minimum Gasteiger partial charge on any atom is -0.324 e. The van der Waals surface area contributed by atoms with Gasteiger partial charge in [-0.25, -0.2) is 18.5 Å². The number of hydrogen-bond donors (Lipinski definition) is 2. The molecule has 0 atom stereocenters. The van der Waals surface area contributed by atoms with E-state index < -0.39 is 15.9 Å². The minimum absolute atomic E-state index is 0.111. The summed E-state index contributed by atoms with van der Waals surface area (Å²) < 4.78 is 24.0. The largest absolute Gasteiger partial charge is 0.324 e. The van der Waals surface area contributed by atoms with Crippen molar-refractivity contribution in [2.75, 3.05) is 5.32 Å². The number of nitrogens with one attached hydrogen (secondary N) is 1. The highest BCUT2D eigenvalue weighted by atomic mass is 32.2. The number of primary sulfonamides is 1. The maximum atomic E-state index is 12.6. The predicted molar refractivity (Wildman–Crippen MR) is 99.8 cm³/mol. The van der Waals surface area contributed by atoms with Gasteiger partial charge >= 0.3 is 0 Å². The van der Waals surface area contributed by atoms with E-state index in [4.69, 9.17) is 5.14 Å². The molecule has 0 fully saturated rings. The van der Waals surface area contributed by atoms with Gasteiger partial charge in [0, 0.05) is 10.6 Å². The van der Waals surface area contributed by atoms with Crippen molar-refractivity contribution in [1.29, 1.82) is 0 Å². The van der Waals surface area contributed by atoms with Gasteiger partial charge in [-0.05, 0) is 37.6 Å². The summed E-state index contributed by atoms with van der Waals surface area (Å²) in [4.78, 5) is 30.6. The van der Waals surface area contributed by atoms with E-state index >= 15 is 0 Å². The van der Waals surface area contributed by atoms with Crippen LogP contribution in [0.5, 0.6) is 0 Å². The molecule has 136 valence electrons. The standard InChI is InChI=1S/C16H16N4O4S2/c1-9-10(2)25-15-14(9)16(22)20(8-18-15)7-13(21)19-11-4-3-5-12(6-11)26(17,23)24/h3-6,8H,7H2,1-2H3,(H,19,21)(H2,17,23,24). The van der Waals surface area contributed by atoms with Crippen molar-refractivity contribution >= 4 is 43.2 Å². The summed E-state index contributed by atoms with van der Waals surface area (Å²) in [7, 11) is -3.87. The first-order valence-corrected chi connectivity index (χ1v) is 9.91. The Bertz CT molecular complexity index is 1180. The molecule has 3 rings (SSSR count). The van der Waals surface area contributed by atoms with Crippen molar-refractivity contribution < 1.29 is 13.2 Å². The van der Waals surface area contributed by atoms with Gasteiger partial charge in [0.1, 0.15) is 11.4 Å². The summed E-state index contributed by atoms with van der Waals surface area (Å²) in [6.07, 6.45) is 1.33. The second-order valence-corrected chi connectivity index (χ2v) is 8.53. The topological polar surface area (TPSA) is 124 Å². The number of fused-ring (bicyclic) bond motifs is 1. The summed E-state index contributed by atoms with van der Waals surface area (Å²) in [6.45, 7) is 3.52. The fraction of sp³-hybridized carbons (Fsp3) is 0.188. The molecule has 2 heterocycles. The number of sulfonamides is 1. The summed E-state index contributed by atoms with van der Waals surface area (Å²) in [5.41, 5.74) is 0.842. The van der Waals surface area contributed by atoms with Gasteiger partial charge < -0.3 is 5.32 Å². The molecule has 26 heavy (non-hydrogen) atoms. The number of aryl methyl sites for hydroxylation is 2. The third kappa shape index (κ3) is 3.52. The number of carbonyl (C=O) groups is 1. The fourth-order valence-electron chi connectivity index (χ4n) is 2.49. The van der Waals surface area contributed by atoms with Crippen LogP contribution in [0.2, 0.25) is 0 Å². The summed E-state index contributed by atoms with van der Waals surface area (Å²) in [5.74, 6) is -0.482. The van der Waals surface area contributed by atoms with E-state index in [1.165, 1.54) is 46.5 Å². The van der Waals surface area contributed by atoms with E-state index in [1.807, 2.05) is 13.8 Å². The molecule has 2 aromatic heterocycles. The minimum atomic E-state index is -3.87. The fourth-order valence-corrected chi connectivity index (χ4v) is 4.04. The number of benzene rings is 1. The Hall–Kier alpha value is -2.56. The lowest BCUT2D eigenvalue weighted by atomic mass is 10.2. The normalized spacial score (nSPS) is 11.7. The molecule has 1 amide bonds. The number of nitrogens with two attached hydrogens (primary N) is 1. The maximum Gasteiger partial charge on any atom is 0.262 e. The van der Waals surface area contributed by atoms with Crippen LogP contribution in [0.4, 0.5) is 5.69 Å². The second kappa shape index (κ2) is 6.63. The average molecular weight is 392 g/mol. The first-order valence-electron chi connectivity index (χ1n) is 7.54. The van der Waals surface area contributed by atoms with E-state index in [2.05, 4.69) is 10.3 Å². The molecule has 3 aromatic rings. The van der Waals surface area contributed by atoms with Gasteiger partial charge in [0.2, 0.25) is 15.9 Å². The highest BCUT2D eigenvalue weighted by Crippen LogP contribution is 2.25. The Morgan fingerprint density at radius 2 is 2.08 bits per heavy atom. The van der Waals surface area contributed by atoms with Gasteiger partial charge in [0.15, 0.2) is 0 Å². The van der Waals surface area contributed by atoms with Crippen LogP contribution < -0.4 is 16.0 Å². The SMILES string of the molecule is Cc1sc2ncn(CC(=O)Nc3cccc(S(N)(=O)=O)c3)c(=O)c2c1C. The van der Waals surface area contributed by atoms with Crippen molar-refractivity contribution in [3.63, 3.8) is 0 Å². The van der Waals surface area contributed by atoms with E-state index in [0.717, 1.165) is 10.4 Å². The van der Waals surface area contributed by atoms with Crippen LogP contribution in [0.25, 0.3) is 10.2 Å². The molecule has 0 radical (unpaired) electrons. The molecular formula is C16H16N4O4S2. The van der Waals surface area contributed by atoms with Gasteiger partial charge in [-0.3, -0.25) is 14.2 Å². The molecular weight excluding hydrogens is 376 g/mol. The van der Waals surface area contributed by atoms with Gasteiger partial charge in [-0.1, -0.05) is 6.07 Å². The Morgan fingerprint density at radius 1 is 1.35 bits per heavy atom. The molecule has 0 unspecified atom stereocenters. The molecule has 0 bridgehead atoms. The molecule has 3 N–H and O–H groups in total. The van der Waals surface area contributed by atoms with E-state index in [9.17, 15) is 18.0 Å². The van der Waals surface area contributed by atoms with Gasteiger partial charge in [-0.15, -0.1) is 11.3 Å². The third-order valence-corrected chi connectivity index (χ3v) is 5.94. The smallest absolute Gasteiger partial charge is 0.262 e. The molecule has 0 saturated carbocycles. The number of aromatic nitrogens is 2. The van der Waals surface area contributed by atoms with Crippen LogP contribution in [0.3, 0.4) is 0 Å². The van der Waals surface area contributed by atoms with Gasteiger partial charge in [-0.2, -0.15) is 0 Å². The number of carbonyl (C=O) groups excluding carboxylic acids is 1. The lowest BCUT2D eigenvalue weighted by Crippen LogP contribution is -2.28. The highest BCUT2D eigenvalue weighted by Gasteiger charge is 2.14. The molecule has 1 aromatic carbocycles. The van der Waals surface area contributed by atoms with E-state index in [-0.39, 0.29) is 22.7 Å².